The summed E-state index contributed by atoms with van der Waals surface area (Å²) in [7, 11) is 0. The van der Waals surface area contributed by atoms with Crippen LogP contribution in [0.2, 0.25) is 0 Å². The summed E-state index contributed by atoms with van der Waals surface area (Å²) >= 11 is 1.62. The van der Waals surface area contributed by atoms with E-state index in [1.54, 1.807) is 33.7 Å². The molecular weight excluding hydrogens is 440 g/mol. The molecule has 0 aromatic rings. The van der Waals surface area contributed by atoms with E-state index >= 15 is 0 Å². The van der Waals surface area contributed by atoms with Crippen molar-refractivity contribution in [3.05, 3.63) is 25.3 Å². The maximum Gasteiger partial charge on any atom is 0.310 e. The zero-order valence-corrected chi connectivity index (χ0v) is 20.9. The lowest BCUT2D eigenvalue weighted by atomic mass is 9.71. The van der Waals surface area contributed by atoms with Crippen LogP contribution < -0.4 is 0 Å². The van der Waals surface area contributed by atoms with E-state index in [4.69, 9.17) is 4.74 Å². The van der Waals surface area contributed by atoms with Crippen LogP contribution in [0.1, 0.15) is 52.9 Å². The number of rotatable bonds is 12. The number of thioether (sulfide) groups is 1. The minimum absolute atomic E-state index is 0.0237. The number of ether oxygens (including phenoxy) is 1. The fraction of sp³-hybridized carbons (Fsp3) is 0.720. The summed E-state index contributed by atoms with van der Waals surface area (Å²) in [5.74, 6) is -1.81. The van der Waals surface area contributed by atoms with Crippen molar-refractivity contribution in [1.29, 1.82) is 0 Å². The Balaban J connectivity index is 1.98. The van der Waals surface area contributed by atoms with Crippen molar-refractivity contribution < 1.29 is 24.2 Å². The van der Waals surface area contributed by atoms with Crippen molar-refractivity contribution >= 4 is 29.5 Å². The minimum Gasteiger partial charge on any atom is -0.465 e. The highest BCUT2D eigenvalue weighted by atomic mass is 32.2. The Hall–Kier alpha value is -1.80. The number of unbranched alkanes of at least 4 members (excludes halogenated alkanes) is 1. The molecule has 8 heteroatoms. The van der Waals surface area contributed by atoms with Crippen molar-refractivity contribution in [2.45, 2.75) is 81.0 Å². The van der Waals surface area contributed by atoms with Crippen LogP contribution in [0, 0.1) is 11.8 Å². The molecule has 3 aliphatic heterocycles. The second kappa shape index (κ2) is 10.6. The Morgan fingerprint density at radius 3 is 2.67 bits per heavy atom. The number of carbonyl (C=O) groups is 3. The van der Waals surface area contributed by atoms with Gasteiger partial charge in [0.2, 0.25) is 11.8 Å². The molecule has 0 aromatic heterocycles. The monoisotopic (exact) mass is 478 g/mol. The third-order valence-electron chi connectivity index (χ3n) is 7.35. The van der Waals surface area contributed by atoms with Crippen molar-refractivity contribution in [1.82, 2.24) is 9.80 Å². The quantitative estimate of drug-likeness (QED) is 0.264. The van der Waals surface area contributed by atoms with E-state index in [9.17, 15) is 19.5 Å². The molecule has 3 heterocycles. The summed E-state index contributed by atoms with van der Waals surface area (Å²) in [4.78, 5) is 44.3. The van der Waals surface area contributed by atoms with Gasteiger partial charge in [0.05, 0.1) is 35.8 Å². The Labute approximate surface area is 201 Å². The first-order valence-corrected chi connectivity index (χ1v) is 13.0. The van der Waals surface area contributed by atoms with Crippen LogP contribution in [-0.4, -0.2) is 80.6 Å². The number of fused-ring (bicyclic) bond motifs is 1. The number of esters is 1. The fourth-order valence-corrected chi connectivity index (χ4v) is 7.98. The molecule has 3 aliphatic rings. The minimum atomic E-state index is -0.706. The van der Waals surface area contributed by atoms with E-state index < -0.39 is 28.7 Å². The molecule has 0 aromatic carbocycles. The molecule has 2 amide bonds. The summed E-state index contributed by atoms with van der Waals surface area (Å²) in [6.45, 7) is 13.7. The van der Waals surface area contributed by atoms with Gasteiger partial charge in [-0.1, -0.05) is 19.1 Å². The van der Waals surface area contributed by atoms with Crippen molar-refractivity contribution in [2.24, 2.45) is 11.8 Å². The standard InChI is InChI=1S/C25H38N2O5S/c1-6-9-10-14-32-24(31)19-18-11-12-25(33-18)20(19)22(29)27(17(8-3)15-28)21(25)23(30)26(13-7-2)16(4)5/h6-7,16-21,28H,1-2,8-15H2,3-5H3/t17-,18-,19+,20-,21?,25?/m0/s1. The Morgan fingerprint density at radius 1 is 1.36 bits per heavy atom. The highest BCUT2D eigenvalue weighted by molar-refractivity contribution is 8.02. The van der Waals surface area contributed by atoms with Crippen LogP contribution >= 0.6 is 11.8 Å². The zero-order chi connectivity index (χ0) is 24.3. The van der Waals surface area contributed by atoms with Gasteiger partial charge in [0.1, 0.15) is 6.04 Å². The topological polar surface area (TPSA) is 87.2 Å². The Morgan fingerprint density at radius 2 is 2.09 bits per heavy atom. The molecule has 3 rings (SSSR count). The number of amides is 2. The van der Waals surface area contributed by atoms with Crippen LogP contribution in [0.4, 0.5) is 0 Å². The molecule has 0 saturated carbocycles. The van der Waals surface area contributed by atoms with Crippen LogP contribution in [-0.2, 0) is 19.1 Å². The molecule has 6 atom stereocenters. The number of likely N-dealkylation sites (tertiary alicyclic amines) is 1. The maximum absolute atomic E-state index is 14.0. The highest BCUT2D eigenvalue weighted by Crippen LogP contribution is 2.67. The summed E-state index contributed by atoms with van der Waals surface area (Å²) in [5.41, 5.74) is 0. The van der Waals surface area contributed by atoms with Gasteiger partial charge in [-0.15, -0.1) is 24.9 Å². The van der Waals surface area contributed by atoms with Gasteiger partial charge in [-0.05, 0) is 46.0 Å². The van der Waals surface area contributed by atoms with E-state index in [0.29, 0.717) is 32.4 Å². The summed E-state index contributed by atoms with van der Waals surface area (Å²) in [5, 5.41) is 10.1. The predicted molar refractivity (Wildman–Crippen MR) is 130 cm³/mol. The number of allylic oxidation sites excluding steroid dienone is 1. The van der Waals surface area contributed by atoms with E-state index in [-0.39, 0.29) is 35.7 Å². The Bertz CT molecular complexity index is 783. The zero-order valence-electron chi connectivity index (χ0n) is 20.1. The predicted octanol–water partition coefficient (Wildman–Crippen LogP) is 2.78. The Kier molecular flexibility index (Phi) is 8.32. The van der Waals surface area contributed by atoms with Crippen LogP contribution in [0.25, 0.3) is 0 Å². The molecule has 0 aliphatic carbocycles. The van der Waals surface area contributed by atoms with Gasteiger partial charge >= 0.3 is 5.97 Å². The van der Waals surface area contributed by atoms with Gasteiger partial charge in [0, 0.05) is 17.8 Å². The summed E-state index contributed by atoms with van der Waals surface area (Å²) in [6.07, 6.45) is 6.95. The first-order chi connectivity index (χ1) is 15.8. The molecule has 2 unspecified atom stereocenters. The molecule has 1 spiro atoms. The second-order valence-electron chi connectivity index (χ2n) is 9.52. The lowest BCUT2D eigenvalue weighted by Gasteiger charge is -2.40. The number of hydrogen-bond acceptors (Lipinski definition) is 6. The first kappa shape index (κ1) is 25.8. The van der Waals surface area contributed by atoms with Crippen LogP contribution in [0.15, 0.2) is 25.3 Å². The van der Waals surface area contributed by atoms with E-state index in [1.807, 2.05) is 20.8 Å². The molecule has 3 saturated heterocycles. The van der Waals surface area contributed by atoms with Crippen molar-refractivity contribution in [3.8, 4) is 0 Å². The van der Waals surface area contributed by atoms with E-state index in [2.05, 4.69) is 13.2 Å². The van der Waals surface area contributed by atoms with Crippen LogP contribution in [0.3, 0.4) is 0 Å². The lowest BCUT2D eigenvalue weighted by Crippen LogP contribution is -2.58. The highest BCUT2D eigenvalue weighted by Gasteiger charge is 2.74. The number of aliphatic hydroxyl groups excluding tert-OH is 1. The number of hydrogen-bond donors (Lipinski definition) is 1. The molecule has 1 N–H and O–H groups in total. The SMILES string of the molecule is C=CCCCOC(=O)[C@@H]1[C@@H]2CCC3(S2)C(C(=O)N(CC=C)C(C)C)N([C@@H](CC)CO)C(=O)[C@H]13. The molecule has 0 radical (unpaired) electrons. The van der Waals surface area contributed by atoms with Gasteiger partial charge in [-0.25, -0.2) is 0 Å². The summed E-state index contributed by atoms with van der Waals surface area (Å²) < 4.78 is 4.91. The second-order valence-corrected chi connectivity index (χ2v) is 11.1. The average molecular weight is 479 g/mol. The molecule has 3 fully saturated rings. The molecule has 2 bridgehead atoms. The molecule has 33 heavy (non-hydrogen) atoms. The van der Waals surface area contributed by atoms with Crippen molar-refractivity contribution in [2.75, 3.05) is 19.8 Å². The van der Waals surface area contributed by atoms with E-state index in [1.165, 1.54) is 0 Å². The number of aliphatic hydroxyl groups is 1. The third kappa shape index (κ3) is 4.36. The van der Waals surface area contributed by atoms with Crippen molar-refractivity contribution in [3.63, 3.8) is 0 Å². The van der Waals surface area contributed by atoms with Gasteiger partial charge in [-0.3, -0.25) is 14.4 Å². The first-order valence-electron chi connectivity index (χ1n) is 12.1. The van der Waals surface area contributed by atoms with Gasteiger partial charge in [-0.2, -0.15) is 0 Å². The molecule has 184 valence electrons. The van der Waals surface area contributed by atoms with Crippen LogP contribution in [0.5, 0.6) is 0 Å². The lowest BCUT2D eigenvalue weighted by molar-refractivity contribution is -0.154. The number of nitrogens with zero attached hydrogens (tertiary/aromatic N) is 2. The molecular formula is C25H38N2O5S. The summed E-state index contributed by atoms with van der Waals surface area (Å²) in [6, 6.07) is -1.23. The fourth-order valence-electron chi connectivity index (χ4n) is 5.79. The number of carbonyl (C=O) groups excluding carboxylic acids is 3. The molecule has 7 nitrogen and oxygen atoms in total. The maximum atomic E-state index is 14.0. The largest absolute Gasteiger partial charge is 0.465 e. The normalized spacial score (nSPS) is 30.9. The average Bonchev–Trinajstić information content (AvgIpc) is 3.43. The van der Waals surface area contributed by atoms with E-state index in [0.717, 1.165) is 12.8 Å². The van der Waals surface area contributed by atoms with Gasteiger partial charge in [0.15, 0.2) is 0 Å². The third-order valence-corrected chi connectivity index (χ3v) is 9.30. The smallest absolute Gasteiger partial charge is 0.310 e. The van der Waals surface area contributed by atoms with Gasteiger partial charge < -0.3 is 19.6 Å². The van der Waals surface area contributed by atoms with Gasteiger partial charge in [0.25, 0.3) is 0 Å².